The zero-order valence-electron chi connectivity index (χ0n) is 13.7. The molecule has 24 heavy (non-hydrogen) atoms. The van der Waals surface area contributed by atoms with Crippen LogP contribution < -0.4 is 10.1 Å². The molecule has 0 saturated carbocycles. The molecule has 2 rings (SSSR count). The van der Waals surface area contributed by atoms with Crippen molar-refractivity contribution >= 4 is 6.03 Å². The van der Waals surface area contributed by atoms with Crippen molar-refractivity contribution in [2.24, 2.45) is 0 Å². The van der Waals surface area contributed by atoms with E-state index in [9.17, 15) is 13.6 Å². The number of nitrogens with zero attached hydrogens (tertiary/aromatic N) is 1. The predicted molar refractivity (Wildman–Crippen MR) is 87.9 cm³/mol. The lowest BCUT2D eigenvalue weighted by molar-refractivity contribution is 0.203. The van der Waals surface area contributed by atoms with E-state index in [4.69, 9.17) is 4.74 Å². The van der Waals surface area contributed by atoms with Crippen molar-refractivity contribution < 1.29 is 18.3 Å². The molecule has 4 nitrogen and oxygen atoms in total. The van der Waals surface area contributed by atoms with Crippen molar-refractivity contribution in [3.63, 3.8) is 0 Å². The number of hydrogen-bond acceptors (Lipinski definition) is 2. The third-order valence-corrected chi connectivity index (χ3v) is 3.55. The van der Waals surface area contributed by atoms with Crippen LogP contribution in [0.5, 0.6) is 5.75 Å². The molecule has 0 aliphatic heterocycles. The third-order valence-electron chi connectivity index (χ3n) is 3.55. The monoisotopic (exact) mass is 334 g/mol. The van der Waals surface area contributed by atoms with Gasteiger partial charge in [0.05, 0.1) is 6.54 Å². The van der Waals surface area contributed by atoms with Crippen molar-refractivity contribution in [1.82, 2.24) is 10.2 Å². The molecule has 0 atom stereocenters. The van der Waals surface area contributed by atoms with Gasteiger partial charge in [-0.15, -0.1) is 0 Å². The van der Waals surface area contributed by atoms with Crippen LogP contribution in [0.15, 0.2) is 42.5 Å². The number of aryl methyl sites for hydroxylation is 1. The number of nitrogens with one attached hydrogen (secondary N) is 1. The Labute approximate surface area is 140 Å². The Morgan fingerprint density at radius 1 is 1.21 bits per heavy atom. The van der Waals surface area contributed by atoms with Crippen LogP contribution in [0.2, 0.25) is 0 Å². The van der Waals surface area contributed by atoms with E-state index >= 15 is 0 Å². The molecule has 6 heteroatoms. The molecule has 0 unspecified atom stereocenters. The van der Waals surface area contributed by atoms with Crippen molar-refractivity contribution in [3.8, 4) is 5.75 Å². The Morgan fingerprint density at radius 2 is 1.96 bits per heavy atom. The van der Waals surface area contributed by atoms with Gasteiger partial charge in [0.2, 0.25) is 0 Å². The van der Waals surface area contributed by atoms with Gasteiger partial charge in [-0.3, -0.25) is 0 Å². The van der Waals surface area contributed by atoms with E-state index in [1.807, 2.05) is 31.2 Å². The number of benzene rings is 2. The van der Waals surface area contributed by atoms with Gasteiger partial charge in [-0.25, -0.2) is 13.6 Å². The molecule has 2 amide bonds. The minimum atomic E-state index is -0.766. The number of amides is 2. The van der Waals surface area contributed by atoms with Crippen molar-refractivity contribution in [2.45, 2.75) is 13.5 Å². The maximum atomic E-state index is 13.4. The van der Waals surface area contributed by atoms with Crippen molar-refractivity contribution in [1.29, 1.82) is 0 Å². The van der Waals surface area contributed by atoms with E-state index in [0.717, 1.165) is 23.3 Å². The quantitative estimate of drug-likeness (QED) is 0.822. The second-order valence-corrected chi connectivity index (χ2v) is 5.44. The van der Waals surface area contributed by atoms with Crippen LogP contribution in [0, 0.1) is 18.6 Å². The van der Waals surface area contributed by atoms with Crippen LogP contribution >= 0.6 is 0 Å². The van der Waals surface area contributed by atoms with Crippen molar-refractivity contribution in [3.05, 3.63) is 65.2 Å². The Kier molecular flexibility index (Phi) is 6.12. The van der Waals surface area contributed by atoms with E-state index in [1.165, 1.54) is 6.07 Å². The smallest absolute Gasteiger partial charge is 0.317 e. The molecule has 2 aromatic rings. The van der Waals surface area contributed by atoms with Crippen LogP contribution in [0.1, 0.15) is 11.1 Å². The normalized spacial score (nSPS) is 10.3. The topological polar surface area (TPSA) is 41.6 Å². The van der Waals surface area contributed by atoms with Crippen LogP contribution in [0.3, 0.4) is 0 Å². The molecule has 0 fully saturated rings. The SMILES string of the molecule is Cc1ccccc1CN(C)C(=O)NCCOc1ccc(F)cc1F. The molecule has 0 saturated heterocycles. The molecule has 0 spiro atoms. The second kappa shape index (κ2) is 8.29. The van der Waals surface area contributed by atoms with Crippen LogP contribution in [0.25, 0.3) is 0 Å². The molecular weight excluding hydrogens is 314 g/mol. The van der Waals surface area contributed by atoms with Gasteiger partial charge in [0.25, 0.3) is 0 Å². The fraction of sp³-hybridized carbons (Fsp3) is 0.278. The molecule has 0 aromatic heterocycles. The first-order valence-corrected chi connectivity index (χ1v) is 7.58. The summed E-state index contributed by atoms with van der Waals surface area (Å²) in [5, 5.41) is 2.69. The lowest BCUT2D eigenvalue weighted by Gasteiger charge is -2.19. The van der Waals surface area contributed by atoms with Gasteiger partial charge in [0, 0.05) is 19.7 Å². The highest BCUT2D eigenvalue weighted by molar-refractivity contribution is 5.73. The minimum absolute atomic E-state index is 0.0427. The average molecular weight is 334 g/mol. The Bertz CT molecular complexity index is 707. The fourth-order valence-electron chi connectivity index (χ4n) is 2.16. The average Bonchev–Trinajstić information content (AvgIpc) is 2.55. The molecule has 0 bridgehead atoms. The summed E-state index contributed by atoms with van der Waals surface area (Å²) in [6, 6.07) is 10.7. The lowest BCUT2D eigenvalue weighted by Crippen LogP contribution is -2.38. The maximum absolute atomic E-state index is 13.4. The van der Waals surface area contributed by atoms with Crippen molar-refractivity contribution in [2.75, 3.05) is 20.2 Å². The first-order valence-electron chi connectivity index (χ1n) is 7.58. The van der Waals surface area contributed by atoms with Gasteiger partial charge in [-0.2, -0.15) is 0 Å². The van der Waals surface area contributed by atoms with Crippen LogP contribution in [-0.2, 0) is 6.54 Å². The number of rotatable bonds is 6. The highest BCUT2D eigenvalue weighted by Gasteiger charge is 2.10. The van der Waals surface area contributed by atoms with E-state index in [2.05, 4.69) is 5.32 Å². The minimum Gasteiger partial charge on any atom is -0.489 e. The summed E-state index contributed by atoms with van der Waals surface area (Å²) in [4.78, 5) is 13.6. The standard InChI is InChI=1S/C18H20F2N2O2/c1-13-5-3-4-6-14(13)12-22(2)18(23)21-9-10-24-17-8-7-15(19)11-16(17)20/h3-8,11H,9-10,12H2,1-2H3,(H,21,23). The molecule has 0 radical (unpaired) electrons. The van der Waals surface area contributed by atoms with Crippen LogP contribution in [0.4, 0.5) is 13.6 Å². The fourth-order valence-corrected chi connectivity index (χ4v) is 2.16. The van der Waals surface area contributed by atoms with Gasteiger partial charge in [0.15, 0.2) is 11.6 Å². The first-order chi connectivity index (χ1) is 11.5. The molecule has 128 valence electrons. The highest BCUT2D eigenvalue weighted by Crippen LogP contribution is 2.17. The molecular formula is C18H20F2N2O2. The van der Waals surface area contributed by atoms with Gasteiger partial charge < -0.3 is 15.0 Å². The van der Waals surface area contributed by atoms with Crippen LogP contribution in [-0.4, -0.2) is 31.1 Å². The van der Waals surface area contributed by atoms with E-state index in [0.29, 0.717) is 6.54 Å². The molecule has 1 N–H and O–H groups in total. The van der Waals surface area contributed by atoms with Gasteiger partial charge >= 0.3 is 6.03 Å². The molecule has 0 heterocycles. The zero-order valence-corrected chi connectivity index (χ0v) is 13.7. The van der Waals surface area contributed by atoms with E-state index < -0.39 is 11.6 Å². The lowest BCUT2D eigenvalue weighted by atomic mass is 10.1. The summed E-state index contributed by atoms with van der Waals surface area (Å²) in [6.45, 7) is 2.79. The summed E-state index contributed by atoms with van der Waals surface area (Å²) in [5.41, 5.74) is 2.19. The summed E-state index contributed by atoms with van der Waals surface area (Å²) in [7, 11) is 1.70. The summed E-state index contributed by atoms with van der Waals surface area (Å²) in [6.07, 6.45) is 0. The predicted octanol–water partition coefficient (Wildman–Crippen LogP) is 3.49. The second-order valence-electron chi connectivity index (χ2n) is 5.44. The Balaban J connectivity index is 1.75. The molecule has 2 aromatic carbocycles. The summed E-state index contributed by atoms with van der Waals surface area (Å²) >= 11 is 0. The van der Waals surface area contributed by atoms with Gasteiger partial charge in [-0.05, 0) is 30.2 Å². The number of halogens is 2. The zero-order chi connectivity index (χ0) is 17.5. The number of carbonyl (C=O) groups excluding carboxylic acids is 1. The van der Waals surface area contributed by atoms with Gasteiger partial charge in [-0.1, -0.05) is 24.3 Å². The Morgan fingerprint density at radius 3 is 2.67 bits per heavy atom. The summed E-state index contributed by atoms with van der Waals surface area (Å²) < 4.78 is 31.3. The largest absolute Gasteiger partial charge is 0.489 e. The highest BCUT2D eigenvalue weighted by atomic mass is 19.1. The number of hydrogen-bond donors (Lipinski definition) is 1. The number of carbonyl (C=O) groups is 1. The third kappa shape index (κ3) is 4.94. The maximum Gasteiger partial charge on any atom is 0.317 e. The summed E-state index contributed by atoms with van der Waals surface area (Å²) in [5.74, 6) is -1.47. The number of ether oxygens (including phenoxy) is 1. The Hall–Kier alpha value is -2.63. The van der Waals surface area contributed by atoms with E-state index in [1.54, 1.807) is 11.9 Å². The first kappa shape index (κ1) is 17.7. The van der Waals surface area contributed by atoms with E-state index in [-0.39, 0.29) is 24.9 Å². The molecule has 0 aliphatic rings. The van der Waals surface area contributed by atoms with Gasteiger partial charge in [0.1, 0.15) is 12.4 Å². The number of urea groups is 1. The molecule has 0 aliphatic carbocycles.